The monoisotopic (exact) mass is 594 g/mol. The van der Waals surface area contributed by atoms with Gasteiger partial charge in [-0.05, 0) is 37.0 Å². The number of sulfonamides is 1. The molecule has 16 heteroatoms. The fourth-order valence-corrected chi connectivity index (χ4v) is 4.69. The van der Waals surface area contributed by atoms with E-state index in [0.29, 0.717) is 25.2 Å². The van der Waals surface area contributed by atoms with Crippen LogP contribution < -0.4 is 9.62 Å². The molecule has 1 aliphatic rings. The molecule has 0 saturated carbocycles. The molecule has 0 saturated heterocycles. The summed E-state index contributed by atoms with van der Waals surface area (Å²) in [7, 11) is -4.26. The number of alkyl halides is 3. The molecule has 0 unspecified atom stereocenters. The van der Waals surface area contributed by atoms with E-state index in [-0.39, 0.29) is 34.7 Å². The predicted molar refractivity (Wildman–Crippen MR) is 143 cm³/mol. The second-order valence-corrected chi connectivity index (χ2v) is 10.7. The summed E-state index contributed by atoms with van der Waals surface area (Å²) >= 11 is 0.757. The number of nitrogens with one attached hydrogen (secondary N) is 1. The summed E-state index contributed by atoms with van der Waals surface area (Å²) < 4.78 is 74.5. The lowest BCUT2D eigenvalue weighted by molar-refractivity contribution is -0.0429. The number of rotatable bonds is 12. The number of carbonyl (C=O) groups is 1. The summed E-state index contributed by atoms with van der Waals surface area (Å²) in [5.74, 6) is -0.744. The van der Waals surface area contributed by atoms with E-state index in [1.165, 1.54) is 19.2 Å². The number of ether oxygens (including phenoxy) is 2. The third kappa shape index (κ3) is 9.10. The van der Waals surface area contributed by atoms with E-state index >= 15 is 0 Å². The van der Waals surface area contributed by atoms with Gasteiger partial charge in [0.2, 0.25) is 5.01 Å². The van der Waals surface area contributed by atoms with Crippen molar-refractivity contribution < 1.29 is 35.9 Å². The van der Waals surface area contributed by atoms with Crippen LogP contribution in [0.4, 0.5) is 35.4 Å². The minimum atomic E-state index is -5.71. The zero-order chi connectivity index (χ0) is 29.1. The molecular weight excluding hydrogens is 561 g/mol. The number of halogens is 3. The molecule has 2 heterocycles. The van der Waals surface area contributed by atoms with Crippen LogP contribution in [0.1, 0.15) is 61.8 Å². The number of esters is 1. The fourth-order valence-electron chi connectivity index (χ4n) is 3.56. The van der Waals surface area contributed by atoms with Crippen molar-refractivity contribution in [2.45, 2.75) is 58.4 Å². The molecule has 2 aromatic rings. The third-order valence-electron chi connectivity index (χ3n) is 5.35. The average molecular weight is 595 g/mol. The Morgan fingerprint density at radius 1 is 1.18 bits per heavy atom. The first-order valence-electron chi connectivity index (χ1n) is 12.5. The number of nitrogens with zero attached hydrogens (tertiary/aromatic N) is 5. The number of benzene rings is 1. The summed E-state index contributed by atoms with van der Waals surface area (Å²) in [5.41, 5.74) is -4.55. The average Bonchev–Trinajstić information content (AvgIpc) is 3.37. The number of carbonyl (C=O) groups excluding carboxylic acids is 1. The van der Waals surface area contributed by atoms with E-state index < -0.39 is 21.5 Å². The van der Waals surface area contributed by atoms with E-state index in [9.17, 15) is 26.4 Å². The molecule has 1 N–H and O–H groups in total. The van der Waals surface area contributed by atoms with Crippen molar-refractivity contribution in [2.75, 3.05) is 43.0 Å². The third-order valence-corrected chi connectivity index (χ3v) is 7.23. The summed E-state index contributed by atoms with van der Waals surface area (Å²) in [6.45, 7) is 7.68. The summed E-state index contributed by atoms with van der Waals surface area (Å²) in [4.78, 5) is 14.0. The lowest BCUT2D eigenvalue weighted by Crippen LogP contribution is -2.32. The molecule has 218 valence electrons. The van der Waals surface area contributed by atoms with Gasteiger partial charge in [-0.3, -0.25) is 4.72 Å². The lowest BCUT2D eigenvalue weighted by atomic mass is 9.99. The van der Waals surface area contributed by atoms with E-state index in [0.717, 1.165) is 42.6 Å². The Balaban J connectivity index is 0.00000260. The molecule has 1 aromatic carbocycles. The fraction of sp³-hybridized carbons (Fsp3) is 0.609. The quantitative estimate of drug-likeness (QED) is 0.180. The van der Waals surface area contributed by atoms with Gasteiger partial charge in [-0.2, -0.15) is 21.6 Å². The van der Waals surface area contributed by atoms with Crippen LogP contribution in [0.15, 0.2) is 22.4 Å². The number of hydrogen-bond donors (Lipinski definition) is 1. The summed E-state index contributed by atoms with van der Waals surface area (Å²) in [5, 5.41) is 15.0. The van der Waals surface area contributed by atoms with Gasteiger partial charge in [-0.15, -0.1) is 20.4 Å². The Hall–Kier alpha value is -2.85. The Kier molecular flexibility index (Phi) is 12.5. The van der Waals surface area contributed by atoms with Crippen LogP contribution in [0.3, 0.4) is 0 Å². The molecule has 39 heavy (non-hydrogen) atoms. The van der Waals surface area contributed by atoms with Gasteiger partial charge in [0.25, 0.3) is 5.13 Å². The van der Waals surface area contributed by atoms with Crippen molar-refractivity contribution >= 4 is 49.5 Å². The maximum atomic E-state index is 13.1. The first-order valence-corrected chi connectivity index (χ1v) is 14.8. The normalized spacial score (nSPS) is 13.6. The molecule has 0 fully saturated rings. The van der Waals surface area contributed by atoms with Gasteiger partial charge in [-0.1, -0.05) is 44.9 Å². The molecular formula is C23H33F3N6O5S2. The smallest absolute Gasteiger partial charge is 0.458 e. The van der Waals surface area contributed by atoms with Crippen LogP contribution in [0.5, 0.6) is 0 Å². The molecule has 1 aromatic heterocycles. The van der Waals surface area contributed by atoms with Gasteiger partial charge >= 0.3 is 21.5 Å². The maximum Gasteiger partial charge on any atom is 0.516 e. The first-order chi connectivity index (χ1) is 18.6. The van der Waals surface area contributed by atoms with Crippen molar-refractivity contribution in [2.24, 2.45) is 10.2 Å². The van der Waals surface area contributed by atoms with Gasteiger partial charge in [0, 0.05) is 25.9 Å². The number of fused-ring (bicyclic) bond motifs is 1. The van der Waals surface area contributed by atoms with Crippen LogP contribution in [0, 0.1) is 0 Å². The highest BCUT2D eigenvalue weighted by atomic mass is 32.2. The van der Waals surface area contributed by atoms with Crippen LogP contribution >= 0.6 is 11.3 Å². The highest BCUT2D eigenvalue weighted by Gasteiger charge is 2.46. The van der Waals surface area contributed by atoms with Crippen molar-refractivity contribution in [3.8, 4) is 0 Å². The SMILES string of the molecule is CC.CCCCCN1CCCc2cc(N=Nc3nnc(C(=O)OCCOC)s3)c(NS(=O)(=O)C(F)(F)F)cc21. The number of aromatic nitrogens is 2. The van der Waals surface area contributed by atoms with Crippen LogP contribution in [0.25, 0.3) is 0 Å². The molecule has 3 rings (SSSR count). The number of hydrogen-bond acceptors (Lipinski definition) is 11. The Morgan fingerprint density at radius 2 is 1.92 bits per heavy atom. The maximum absolute atomic E-state index is 13.1. The van der Waals surface area contributed by atoms with Crippen molar-refractivity contribution in [1.29, 1.82) is 0 Å². The Bertz CT molecular complexity index is 1220. The number of aryl methyl sites for hydroxylation is 1. The molecule has 0 bridgehead atoms. The lowest BCUT2D eigenvalue weighted by Gasteiger charge is -2.32. The van der Waals surface area contributed by atoms with Crippen molar-refractivity contribution in [3.63, 3.8) is 0 Å². The molecule has 11 nitrogen and oxygen atoms in total. The van der Waals surface area contributed by atoms with E-state index in [4.69, 9.17) is 9.47 Å². The second-order valence-electron chi connectivity index (χ2n) is 8.07. The van der Waals surface area contributed by atoms with Crippen molar-refractivity contribution in [3.05, 3.63) is 22.7 Å². The van der Waals surface area contributed by atoms with Gasteiger partial charge in [0.15, 0.2) is 0 Å². The zero-order valence-corrected chi connectivity index (χ0v) is 23.9. The first kappa shape index (κ1) is 32.4. The van der Waals surface area contributed by atoms with Crippen LogP contribution in [-0.2, 0) is 25.9 Å². The summed E-state index contributed by atoms with van der Waals surface area (Å²) in [6, 6.07) is 2.87. The summed E-state index contributed by atoms with van der Waals surface area (Å²) in [6.07, 6.45) is 4.37. The number of methoxy groups -OCH3 is 1. The van der Waals surface area contributed by atoms with E-state index in [2.05, 4.69) is 27.3 Å². The minimum absolute atomic E-state index is 0.0130. The van der Waals surface area contributed by atoms with E-state index in [1.807, 2.05) is 18.7 Å². The Labute approximate surface area is 229 Å². The molecule has 1 aliphatic heterocycles. The largest absolute Gasteiger partial charge is 0.516 e. The number of unbranched alkanes of at least 4 members (excludes halogenated alkanes) is 2. The van der Waals surface area contributed by atoms with Gasteiger partial charge < -0.3 is 14.4 Å². The molecule has 0 aliphatic carbocycles. The zero-order valence-electron chi connectivity index (χ0n) is 22.2. The second kappa shape index (κ2) is 15.1. The minimum Gasteiger partial charge on any atom is -0.458 e. The number of azo groups is 1. The molecule has 0 radical (unpaired) electrons. The molecule has 0 amide bonds. The van der Waals surface area contributed by atoms with Gasteiger partial charge in [-0.25, -0.2) is 4.79 Å². The predicted octanol–water partition coefficient (Wildman–Crippen LogP) is 5.99. The Morgan fingerprint density at radius 3 is 2.59 bits per heavy atom. The highest BCUT2D eigenvalue weighted by molar-refractivity contribution is 7.93. The van der Waals surface area contributed by atoms with E-state index in [1.54, 1.807) is 4.72 Å². The van der Waals surface area contributed by atoms with Crippen LogP contribution in [-0.4, -0.2) is 63.5 Å². The molecule has 0 spiro atoms. The standard InChI is InChI=1S/C21H27F3N6O5S2.C2H6/c1-3-4-5-8-30-9-6-7-14-12-15(16(13-17(14)30)29-37(32,33)21(22,23)24)25-27-20-28-26-18(36-20)19(31)35-11-10-34-2;1-2/h12-13,29H,3-11H2,1-2H3;1-2H3. The van der Waals surface area contributed by atoms with Crippen molar-refractivity contribution in [1.82, 2.24) is 10.2 Å². The van der Waals surface area contributed by atoms with Gasteiger partial charge in [0.05, 0.1) is 12.3 Å². The van der Waals surface area contributed by atoms with Crippen LogP contribution in [0.2, 0.25) is 0 Å². The molecule has 0 atom stereocenters. The topological polar surface area (TPSA) is 135 Å². The van der Waals surface area contributed by atoms with Gasteiger partial charge in [0.1, 0.15) is 12.3 Å². The number of anilines is 2. The highest BCUT2D eigenvalue weighted by Crippen LogP contribution is 2.39.